The third-order valence-corrected chi connectivity index (χ3v) is 9.26. The summed E-state index contributed by atoms with van der Waals surface area (Å²) >= 11 is 0. The molecule has 0 aliphatic rings. The van der Waals surface area contributed by atoms with Crippen LogP contribution in [0.1, 0.15) is 56.4 Å². The highest BCUT2D eigenvalue weighted by Crippen LogP contribution is 2.45. The molecule has 2 amide bonds. The molecule has 4 rings (SSSR count). The molecule has 0 aliphatic heterocycles. The molecule has 0 heterocycles. The molecule has 2 atom stereocenters. The second-order valence-electron chi connectivity index (χ2n) is 13.1. The van der Waals surface area contributed by atoms with Gasteiger partial charge in [-0.2, -0.15) is 0 Å². The molecule has 0 aromatic heterocycles. The molecule has 4 N–H and O–H groups in total. The fourth-order valence-corrected chi connectivity index (χ4v) is 6.90. The van der Waals surface area contributed by atoms with E-state index < -0.39 is 41.5 Å². The molecule has 10 nitrogen and oxygen atoms in total. The van der Waals surface area contributed by atoms with Crippen LogP contribution in [0, 0.1) is 11.8 Å². The van der Waals surface area contributed by atoms with E-state index in [9.17, 15) is 19.8 Å². The van der Waals surface area contributed by atoms with Gasteiger partial charge in [-0.3, -0.25) is 9.59 Å². The minimum absolute atomic E-state index is 0.332. The topological polar surface area (TPSA) is 136 Å². The Labute approximate surface area is 300 Å². The maximum atomic E-state index is 13.9. The molecule has 272 valence electrons. The summed E-state index contributed by atoms with van der Waals surface area (Å²) in [5.41, 5.74) is -2.02. The summed E-state index contributed by atoms with van der Waals surface area (Å²) in [5.74, 6) is -0.274. The molecule has 51 heavy (non-hydrogen) atoms. The zero-order chi connectivity index (χ0) is 37.3. The molecule has 0 saturated carbocycles. The lowest BCUT2D eigenvalue weighted by Gasteiger charge is -2.41. The van der Waals surface area contributed by atoms with E-state index in [1.54, 1.807) is 97.1 Å². The first-order valence-corrected chi connectivity index (χ1v) is 17.0. The van der Waals surface area contributed by atoms with Crippen LogP contribution < -0.4 is 29.6 Å². The Morgan fingerprint density at radius 1 is 0.510 bits per heavy atom. The van der Waals surface area contributed by atoms with Crippen LogP contribution in [-0.4, -0.2) is 62.6 Å². The first-order chi connectivity index (χ1) is 24.4. The molecular weight excluding hydrogens is 648 g/mol. The van der Waals surface area contributed by atoms with Gasteiger partial charge >= 0.3 is 0 Å². The van der Waals surface area contributed by atoms with Crippen LogP contribution in [0.2, 0.25) is 0 Å². The van der Waals surface area contributed by atoms with Gasteiger partial charge in [0, 0.05) is 22.3 Å². The zero-order valence-corrected chi connectivity index (χ0v) is 30.6. The fraction of sp³-hybridized carbons (Fsp3) is 0.366. The van der Waals surface area contributed by atoms with E-state index in [0.717, 1.165) is 0 Å². The summed E-state index contributed by atoms with van der Waals surface area (Å²) < 4.78 is 22.7. The second kappa shape index (κ2) is 16.8. The summed E-state index contributed by atoms with van der Waals surface area (Å²) in [6.07, 6.45) is -0.589. The Morgan fingerprint density at radius 2 is 0.745 bits per heavy atom. The van der Waals surface area contributed by atoms with Gasteiger partial charge in [-0.15, -0.1) is 0 Å². The number of para-hydroxylation sites is 4. The standard InChI is InChI=1S/C41H50N2O8/c1-26(2)38(40(46,28-17-9-13-21-32(28)48-5)29-18-10-14-22-33(29)49-6)42-36(44)25-37(45)43-39(27(3)4)41(47,30-19-11-15-23-34(30)50-7)31-20-12-16-24-35(31)51-8/h9-24,26-27,38-39,46-47H,25H2,1-8H3,(H,42,44)(H,43,45)/t38-,39-/m1/s1. The summed E-state index contributed by atoms with van der Waals surface area (Å²) in [6, 6.07) is 26.3. The monoisotopic (exact) mass is 698 g/mol. The number of amides is 2. The van der Waals surface area contributed by atoms with Gasteiger partial charge in [0.15, 0.2) is 0 Å². The number of aliphatic hydroxyl groups is 2. The summed E-state index contributed by atoms with van der Waals surface area (Å²) in [4.78, 5) is 27.8. The first kappa shape index (κ1) is 38.7. The van der Waals surface area contributed by atoms with Crippen molar-refractivity contribution in [3.8, 4) is 23.0 Å². The van der Waals surface area contributed by atoms with Crippen molar-refractivity contribution in [2.45, 2.75) is 57.4 Å². The van der Waals surface area contributed by atoms with Crippen molar-refractivity contribution in [2.75, 3.05) is 28.4 Å². The summed E-state index contributed by atoms with van der Waals surface area (Å²) in [7, 11) is 6.04. The molecular formula is C41H50N2O8. The number of rotatable bonds is 16. The number of carbonyl (C=O) groups is 2. The number of carbonyl (C=O) groups excluding carboxylic acids is 2. The van der Waals surface area contributed by atoms with Crippen molar-refractivity contribution >= 4 is 11.8 Å². The van der Waals surface area contributed by atoms with E-state index in [1.165, 1.54) is 28.4 Å². The van der Waals surface area contributed by atoms with Crippen LogP contribution in [0.25, 0.3) is 0 Å². The smallest absolute Gasteiger partial charge is 0.229 e. The molecule has 0 saturated heterocycles. The molecule has 4 aromatic carbocycles. The second-order valence-corrected chi connectivity index (χ2v) is 13.1. The molecule has 0 fully saturated rings. The Bertz CT molecular complexity index is 1560. The van der Waals surface area contributed by atoms with Crippen LogP contribution in [0.3, 0.4) is 0 Å². The summed E-state index contributed by atoms with van der Waals surface area (Å²) in [5, 5.41) is 31.6. The van der Waals surface area contributed by atoms with Crippen molar-refractivity contribution in [1.82, 2.24) is 10.6 Å². The third kappa shape index (κ3) is 7.82. The first-order valence-electron chi connectivity index (χ1n) is 17.0. The third-order valence-electron chi connectivity index (χ3n) is 9.26. The van der Waals surface area contributed by atoms with E-state index in [0.29, 0.717) is 45.3 Å². The lowest BCUT2D eigenvalue weighted by Crippen LogP contribution is -2.57. The van der Waals surface area contributed by atoms with E-state index in [4.69, 9.17) is 18.9 Å². The summed E-state index contributed by atoms with van der Waals surface area (Å²) in [6.45, 7) is 7.49. The maximum absolute atomic E-state index is 13.9. The number of hydrogen-bond donors (Lipinski definition) is 4. The Hall–Kier alpha value is -5.06. The van der Waals surface area contributed by atoms with Crippen molar-refractivity contribution in [1.29, 1.82) is 0 Å². The zero-order valence-electron chi connectivity index (χ0n) is 30.6. The average Bonchev–Trinajstić information content (AvgIpc) is 3.15. The van der Waals surface area contributed by atoms with Gasteiger partial charge < -0.3 is 39.8 Å². The molecule has 0 aliphatic carbocycles. The largest absolute Gasteiger partial charge is 0.496 e. The average molecular weight is 699 g/mol. The van der Waals surface area contributed by atoms with Gasteiger partial charge in [0.1, 0.15) is 40.6 Å². The normalized spacial score (nSPS) is 12.9. The van der Waals surface area contributed by atoms with E-state index in [2.05, 4.69) is 10.6 Å². The molecule has 0 spiro atoms. The van der Waals surface area contributed by atoms with E-state index in [1.807, 2.05) is 27.7 Å². The van der Waals surface area contributed by atoms with Gasteiger partial charge in [0.2, 0.25) is 11.8 Å². The maximum Gasteiger partial charge on any atom is 0.229 e. The highest BCUT2D eigenvalue weighted by molar-refractivity contribution is 5.97. The Kier molecular flexibility index (Phi) is 12.7. The van der Waals surface area contributed by atoms with E-state index >= 15 is 0 Å². The van der Waals surface area contributed by atoms with Crippen LogP contribution in [-0.2, 0) is 20.8 Å². The Morgan fingerprint density at radius 3 is 0.961 bits per heavy atom. The van der Waals surface area contributed by atoms with Crippen LogP contribution >= 0.6 is 0 Å². The van der Waals surface area contributed by atoms with Crippen LogP contribution in [0.15, 0.2) is 97.1 Å². The van der Waals surface area contributed by atoms with E-state index in [-0.39, 0.29) is 11.8 Å². The lowest BCUT2D eigenvalue weighted by atomic mass is 9.74. The number of nitrogens with one attached hydrogen (secondary N) is 2. The van der Waals surface area contributed by atoms with Crippen LogP contribution in [0.5, 0.6) is 23.0 Å². The van der Waals surface area contributed by atoms with Gasteiger partial charge in [0.05, 0.1) is 40.5 Å². The minimum atomic E-state index is -1.84. The van der Waals surface area contributed by atoms with Gasteiger partial charge in [0.25, 0.3) is 0 Å². The van der Waals surface area contributed by atoms with Crippen molar-refractivity contribution in [3.05, 3.63) is 119 Å². The number of methoxy groups -OCH3 is 4. The van der Waals surface area contributed by atoms with Gasteiger partial charge in [-0.25, -0.2) is 0 Å². The molecule has 10 heteroatoms. The van der Waals surface area contributed by atoms with Crippen molar-refractivity contribution in [2.24, 2.45) is 11.8 Å². The van der Waals surface area contributed by atoms with Crippen molar-refractivity contribution < 1.29 is 38.7 Å². The van der Waals surface area contributed by atoms with Crippen LogP contribution in [0.4, 0.5) is 0 Å². The van der Waals surface area contributed by atoms with Crippen molar-refractivity contribution in [3.63, 3.8) is 0 Å². The molecule has 0 radical (unpaired) electrons. The minimum Gasteiger partial charge on any atom is -0.496 e. The number of hydrogen-bond acceptors (Lipinski definition) is 8. The predicted molar refractivity (Wildman–Crippen MR) is 196 cm³/mol. The predicted octanol–water partition coefficient (Wildman–Crippen LogP) is 5.56. The SMILES string of the molecule is COc1ccccc1C(O)(c1ccccc1OC)[C@H](NC(=O)CC(=O)N[C@H](C(C)C)C(O)(c1ccccc1OC)c1ccccc1OC)C(C)C. The highest BCUT2D eigenvalue weighted by Gasteiger charge is 2.48. The molecule has 4 aromatic rings. The molecule has 0 unspecified atom stereocenters. The fourth-order valence-electron chi connectivity index (χ4n) is 6.90. The quantitative estimate of drug-likeness (QED) is 0.112. The highest BCUT2D eigenvalue weighted by atomic mass is 16.5. The lowest BCUT2D eigenvalue weighted by molar-refractivity contribution is -0.133. The molecule has 0 bridgehead atoms. The van der Waals surface area contributed by atoms with Gasteiger partial charge in [-0.1, -0.05) is 100 Å². The Balaban J connectivity index is 1.73. The number of benzene rings is 4. The number of ether oxygens (including phenoxy) is 4. The van der Waals surface area contributed by atoms with Gasteiger partial charge in [-0.05, 0) is 36.1 Å².